The van der Waals surface area contributed by atoms with Gasteiger partial charge < -0.3 is 4.90 Å². The van der Waals surface area contributed by atoms with Crippen LogP contribution in [0, 0.1) is 18.4 Å². The quantitative estimate of drug-likeness (QED) is 0.695. The third-order valence-corrected chi connectivity index (χ3v) is 3.09. The van der Waals surface area contributed by atoms with Crippen LogP contribution in [0.1, 0.15) is 5.82 Å². The van der Waals surface area contributed by atoms with Gasteiger partial charge in [-0.25, -0.2) is 9.97 Å². The molecule has 0 aliphatic carbocycles. The summed E-state index contributed by atoms with van der Waals surface area (Å²) in [5.41, 5.74) is 1.00. The molecule has 0 aliphatic heterocycles. The number of anilines is 3. The van der Waals surface area contributed by atoms with Crippen LogP contribution in [0.25, 0.3) is 0 Å². The first kappa shape index (κ1) is 13.3. The molecule has 1 heterocycles. The van der Waals surface area contributed by atoms with Crippen molar-refractivity contribution in [3.05, 3.63) is 40.6 Å². The van der Waals surface area contributed by atoms with Crippen molar-refractivity contribution in [3.8, 4) is 6.19 Å². The second-order valence-electron chi connectivity index (χ2n) is 3.93. The standard InChI is InChI=1S/C13H12BrN5/c1-9-17-12(16-8-15)7-13(18-9)19(2)11-5-3-10(14)4-6-11/h3-7H,1-2H3,(H,16,17,18). The summed E-state index contributed by atoms with van der Waals surface area (Å²) in [6.45, 7) is 1.79. The average molecular weight is 318 g/mol. The number of aromatic nitrogens is 2. The molecular weight excluding hydrogens is 306 g/mol. The minimum atomic E-state index is 0.494. The second kappa shape index (κ2) is 5.67. The van der Waals surface area contributed by atoms with E-state index in [1.165, 1.54) is 0 Å². The van der Waals surface area contributed by atoms with Gasteiger partial charge in [0.1, 0.15) is 17.5 Å². The summed E-state index contributed by atoms with van der Waals surface area (Å²) in [6, 6.07) is 9.64. The van der Waals surface area contributed by atoms with Crippen LogP contribution < -0.4 is 10.2 Å². The predicted molar refractivity (Wildman–Crippen MR) is 78.2 cm³/mol. The fraction of sp³-hybridized carbons (Fsp3) is 0.154. The Morgan fingerprint density at radius 3 is 2.58 bits per heavy atom. The Kier molecular flexibility index (Phi) is 3.97. The topological polar surface area (TPSA) is 64.8 Å². The molecule has 0 saturated heterocycles. The number of nitrogens with zero attached hydrogens (tertiary/aromatic N) is 4. The van der Waals surface area contributed by atoms with E-state index in [1.807, 2.05) is 42.4 Å². The van der Waals surface area contributed by atoms with E-state index in [0.717, 1.165) is 16.0 Å². The van der Waals surface area contributed by atoms with Crippen LogP contribution in [0.3, 0.4) is 0 Å². The first-order valence-electron chi connectivity index (χ1n) is 5.60. The first-order valence-corrected chi connectivity index (χ1v) is 6.39. The van der Waals surface area contributed by atoms with Gasteiger partial charge in [0.15, 0.2) is 6.19 Å². The summed E-state index contributed by atoms with van der Waals surface area (Å²) in [5, 5.41) is 11.2. The van der Waals surface area contributed by atoms with Crippen molar-refractivity contribution in [2.24, 2.45) is 0 Å². The first-order chi connectivity index (χ1) is 9.10. The number of benzene rings is 1. The van der Waals surface area contributed by atoms with Crippen LogP contribution in [0.15, 0.2) is 34.8 Å². The van der Waals surface area contributed by atoms with E-state index in [9.17, 15) is 0 Å². The lowest BCUT2D eigenvalue weighted by molar-refractivity contribution is 1.02. The van der Waals surface area contributed by atoms with Crippen molar-refractivity contribution in [3.63, 3.8) is 0 Å². The van der Waals surface area contributed by atoms with Crippen molar-refractivity contribution in [2.45, 2.75) is 6.92 Å². The van der Waals surface area contributed by atoms with Gasteiger partial charge in [0.2, 0.25) is 0 Å². The van der Waals surface area contributed by atoms with Crippen molar-refractivity contribution < 1.29 is 0 Å². The van der Waals surface area contributed by atoms with Crippen LogP contribution >= 0.6 is 15.9 Å². The number of hydrogen-bond donors (Lipinski definition) is 1. The highest BCUT2D eigenvalue weighted by Gasteiger charge is 2.08. The lowest BCUT2D eigenvalue weighted by Crippen LogP contribution is -2.12. The van der Waals surface area contributed by atoms with Crippen molar-refractivity contribution in [1.82, 2.24) is 9.97 Å². The molecular formula is C13H12BrN5. The average Bonchev–Trinajstić information content (AvgIpc) is 2.38. The van der Waals surface area contributed by atoms with Crippen LogP contribution in [0.4, 0.5) is 17.3 Å². The van der Waals surface area contributed by atoms with Crippen molar-refractivity contribution in [1.29, 1.82) is 5.26 Å². The van der Waals surface area contributed by atoms with Gasteiger partial charge in [0, 0.05) is 23.3 Å². The molecule has 19 heavy (non-hydrogen) atoms. The highest BCUT2D eigenvalue weighted by atomic mass is 79.9. The number of rotatable bonds is 3. The zero-order valence-electron chi connectivity index (χ0n) is 10.6. The summed E-state index contributed by atoms with van der Waals surface area (Å²) >= 11 is 3.40. The van der Waals surface area contributed by atoms with E-state index in [1.54, 1.807) is 13.0 Å². The van der Waals surface area contributed by atoms with Gasteiger partial charge in [-0.2, -0.15) is 5.26 Å². The van der Waals surface area contributed by atoms with Crippen LogP contribution in [0.5, 0.6) is 0 Å². The molecule has 2 aromatic rings. The van der Waals surface area contributed by atoms with E-state index in [4.69, 9.17) is 5.26 Å². The van der Waals surface area contributed by atoms with Gasteiger partial charge in [0.05, 0.1) is 0 Å². The maximum Gasteiger partial charge on any atom is 0.182 e. The Hall–Kier alpha value is -2.13. The van der Waals surface area contributed by atoms with E-state index in [0.29, 0.717) is 11.6 Å². The van der Waals surface area contributed by atoms with Crippen molar-refractivity contribution >= 4 is 33.3 Å². The van der Waals surface area contributed by atoms with Crippen molar-refractivity contribution in [2.75, 3.05) is 17.3 Å². The maximum atomic E-state index is 8.65. The molecule has 0 spiro atoms. The normalized spacial score (nSPS) is 9.79. The largest absolute Gasteiger partial charge is 0.329 e. The molecule has 0 radical (unpaired) electrons. The Morgan fingerprint density at radius 1 is 1.26 bits per heavy atom. The minimum Gasteiger partial charge on any atom is -0.329 e. The Labute approximate surface area is 120 Å². The molecule has 1 aromatic carbocycles. The van der Waals surface area contributed by atoms with Crippen LogP contribution in [-0.4, -0.2) is 17.0 Å². The minimum absolute atomic E-state index is 0.494. The van der Waals surface area contributed by atoms with E-state index < -0.39 is 0 Å². The Balaban J connectivity index is 2.35. The zero-order chi connectivity index (χ0) is 13.8. The molecule has 1 aromatic heterocycles. The summed E-state index contributed by atoms with van der Waals surface area (Å²) < 4.78 is 1.02. The van der Waals surface area contributed by atoms with Gasteiger partial charge in [0.25, 0.3) is 0 Å². The Bertz CT molecular complexity index is 618. The lowest BCUT2D eigenvalue weighted by atomic mass is 10.3. The zero-order valence-corrected chi connectivity index (χ0v) is 12.1. The lowest BCUT2D eigenvalue weighted by Gasteiger charge is -2.19. The van der Waals surface area contributed by atoms with Gasteiger partial charge in [-0.3, -0.25) is 5.32 Å². The monoisotopic (exact) mass is 317 g/mol. The van der Waals surface area contributed by atoms with Gasteiger partial charge in [-0.1, -0.05) is 15.9 Å². The molecule has 0 unspecified atom stereocenters. The molecule has 2 rings (SSSR count). The SMILES string of the molecule is Cc1nc(NC#N)cc(N(C)c2ccc(Br)cc2)n1. The summed E-state index contributed by atoms with van der Waals surface area (Å²) in [6.07, 6.45) is 1.86. The van der Waals surface area contributed by atoms with Gasteiger partial charge >= 0.3 is 0 Å². The third kappa shape index (κ3) is 3.20. The van der Waals surface area contributed by atoms with Crippen LogP contribution in [0.2, 0.25) is 0 Å². The fourth-order valence-electron chi connectivity index (χ4n) is 1.64. The fourth-order valence-corrected chi connectivity index (χ4v) is 1.91. The molecule has 0 aliphatic rings. The van der Waals surface area contributed by atoms with E-state index in [-0.39, 0.29) is 0 Å². The maximum absolute atomic E-state index is 8.65. The number of aryl methyl sites for hydroxylation is 1. The van der Waals surface area contributed by atoms with Gasteiger partial charge in [-0.05, 0) is 31.2 Å². The van der Waals surface area contributed by atoms with Gasteiger partial charge in [-0.15, -0.1) is 0 Å². The molecule has 96 valence electrons. The Morgan fingerprint density at radius 2 is 1.95 bits per heavy atom. The summed E-state index contributed by atoms with van der Waals surface area (Å²) in [4.78, 5) is 10.4. The molecule has 0 amide bonds. The third-order valence-electron chi connectivity index (χ3n) is 2.57. The number of nitriles is 1. The van der Waals surface area contributed by atoms with E-state index in [2.05, 4.69) is 31.2 Å². The second-order valence-corrected chi connectivity index (χ2v) is 4.85. The summed E-state index contributed by atoms with van der Waals surface area (Å²) in [5.74, 6) is 1.83. The van der Waals surface area contributed by atoms with Crippen LogP contribution in [-0.2, 0) is 0 Å². The molecule has 6 heteroatoms. The highest BCUT2D eigenvalue weighted by Crippen LogP contribution is 2.24. The smallest absolute Gasteiger partial charge is 0.182 e. The summed E-state index contributed by atoms with van der Waals surface area (Å²) in [7, 11) is 1.92. The molecule has 1 N–H and O–H groups in total. The molecule has 0 fully saturated rings. The number of halogens is 1. The molecule has 0 bridgehead atoms. The molecule has 0 atom stereocenters. The highest BCUT2D eigenvalue weighted by molar-refractivity contribution is 9.10. The number of nitrogens with one attached hydrogen (secondary N) is 1. The molecule has 0 saturated carbocycles. The molecule has 5 nitrogen and oxygen atoms in total. The number of hydrogen-bond acceptors (Lipinski definition) is 5. The van der Waals surface area contributed by atoms with E-state index >= 15 is 0 Å². The predicted octanol–water partition coefficient (Wildman–Crippen LogP) is 3.21.